The number of amides is 1. The average molecular weight is 384 g/mol. The highest BCUT2D eigenvalue weighted by molar-refractivity contribution is 5.94. The van der Waals surface area contributed by atoms with Crippen LogP contribution in [-0.2, 0) is 14.3 Å². The van der Waals surface area contributed by atoms with Gasteiger partial charge in [-0.3, -0.25) is 9.59 Å². The van der Waals surface area contributed by atoms with Gasteiger partial charge in [-0.2, -0.15) is 5.26 Å². The van der Waals surface area contributed by atoms with Crippen LogP contribution >= 0.6 is 0 Å². The number of hydrogen-bond acceptors (Lipinski definition) is 4. The molecule has 0 heterocycles. The van der Waals surface area contributed by atoms with Gasteiger partial charge in [0, 0.05) is 5.92 Å². The molecule has 0 fully saturated rings. The molecule has 0 atom stereocenters. The molecule has 144 valence electrons. The summed E-state index contributed by atoms with van der Waals surface area (Å²) in [5, 5.41) is 11.7. The molecule has 0 spiro atoms. The summed E-state index contributed by atoms with van der Waals surface area (Å²) in [6, 6.07) is 28.1. The molecule has 3 rings (SSSR count). The van der Waals surface area contributed by atoms with Crippen LogP contribution in [0.2, 0.25) is 0 Å². The number of nitrogens with one attached hydrogen (secondary N) is 1. The molecule has 1 N–H and O–H groups in total. The Kier molecular flexibility index (Phi) is 6.75. The van der Waals surface area contributed by atoms with E-state index >= 15 is 0 Å². The molecule has 0 aliphatic heterocycles. The lowest BCUT2D eigenvalue weighted by atomic mass is 9.89. The topological polar surface area (TPSA) is 79.2 Å². The molecular formula is C24H20N2O3. The van der Waals surface area contributed by atoms with Crippen molar-refractivity contribution in [1.82, 2.24) is 0 Å². The number of benzene rings is 3. The van der Waals surface area contributed by atoms with E-state index in [0.29, 0.717) is 11.3 Å². The fourth-order valence-electron chi connectivity index (χ4n) is 3.05. The molecule has 0 saturated carbocycles. The Morgan fingerprint density at radius 2 is 1.41 bits per heavy atom. The van der Waals surface area contributed by atoms with Gasteiger partial charge < -0.3 is 10.1 Å². The van der Waals surface area contributed by atoms with Crippen LogP contribution in [0.15, 0.2) is 84.9 Å². The van der Waals surface area contributed by atoms with Gasteiger partial charge in [0.15, 0.2) is 6.61 Å². The number of nitriles is 1. The zero-order valence-electron chi connectivity index (χ0n) is 15.7. The second-order valence-corrected chi connectivity index (χ2v) is 6.44. The van der Waals surface area contributed by atoms with E-state index in [0.717, 1.165) is 11.1 Å². The van der Waals surface area contributed by atoms with Gasteiger partial charge in [0.1, 0.15) is 6.07 Å². The number of nitrogens with zero attached hydrogens (tertiary/aromatic N) is 1. The maximum Gasteiger partial charge on any atom is 0.307 e. The van der Waals surface area contributed by atoms with E-state index in [-0.39, 0.29) is 12.3 Å². The molecule has 0 aliphatic rings. The van der Waals surface area contributed by atoms with E-state index in [1.165, 1.54) is 0 Å². The first kappa shape index (κ1) is 19.8. The normalized spacial score (nSPS) is 10.2. The molecular weight excluding hydrogens is 364 g/mol. The van der Waals surface area contributed by atoms with E-state index in [1.807, 2.05) is 66.7 Å². The monoisotopic (exact) mass is 384 g/mol. The molecule has 29 heavy (non-hydrogen) atoms. The highest BCUT2D eigenvalue weighted by Gasteiger charge is 2.19. The Hall–Kier alpha value is -3.91. The minimum atomic E-state index is -0.489. The number of ether oxygens (including phenoxy) is 1. The maximum absolute atomic E-state index is 12.4. The minimum absolute atomic E-state index is 0.121. The molecule has 1 amide bonds. The summed E-state index contributed by atoms with van der Waals surface area (Å²) >= 11 is 0. The number of carbonyl (C=O) groups is 2. The lowest BCUT2D eigenvalue weighted by Crippen LogP contribution is -2.22. The highest BCUT2D eigenvalue weighted by atomic mass is 16.5. The third-order valence-corrected chi connectivity index (χ3v) is 4.46. The number of rotatable bonds is 7. The van der Waals surface area contributed by atoms with E-state index in [2.05, 4.69) is 5.32 Å². The fraction of sp³-hybridized carbons (Fsp3) is 0.125. The second-order valence-electron chi connectivity index (χ2n) is 6.44. The van der Waals surface area contributed by atoms with E-state index in [4.69, 9.17) is 10.00 Å². The quantitative estimate of drug-likeness (QED) is 0.617. The zero-order valence-corrected chi connectivity index (χ0v) is 15.7. The van der Waals surface area contributed by atoms with E-state index in [1.54, 1.807) is 24.3 Å². The lowest BCUT2D eigenvalue weighted by Gasteiger charge is -2.17. The summed E-state index contributed by atoms with van der Waals surface area (Å²) in [4.78, 5) is 24.5. The van der Waals surface area contributed by atoms with Crippen LogP contribution < -0.4 is 5.32 Å². The summed E-state index contributed by atoms with van der Waals surface area (Å²) in [5.74, 6) is -1.12. The van der Waals surface area contributed by atoms with Gasteiger partial charge in [0.2, 0.25) is 0 Å². The highest BCUT2D eigenvalue weighted by Crippen LogP contribution is 2.28. The molecule has 0 saturated heterocycles. The number of anilines is 1. The van der Waals surface area contributed by atoms with Crippen LogP contribution in [0.25, 0.3) is 0 Å². The van der Waals surface area contributed by atoms with Crippen molar-refractivity contribution >= 4 is 17.6 Å². The van der Waals surface area contributed by atoms with Crippen molar-refractivity contribution in [2.45, 2.75) is 12.3 Å². The van der Waals surface area contributed by atoms with Crippen LogP contribution in [0, 0.1) is 11.3 Å². The predicted octanol–water partition coefficient (Wildman–Crippen LogP) is 4.26. The molecule has 0 radical (unpaired) electrons. The average Bonchev–Trinajstić information content (AvgIpc) is 2.77. The van der Waals surface area contributed by atoms with Gasteiger partial charge in [0.25, 0.3) is 5.91 Å². The first-order valence-corrected chi connectivity index (χ1v) is 9.22. The Bertz CT molecular complexity index is 972. The SMILES string of the molecule is N#Cc1ccccc1NC(=O)COC(=O)CC(c1ccccc1)c1ccccc1. The van der Waals surface area contributed by atoms with Crippen molar-refractivity contribution in [3.05, 3.63) is 102 Å². The van der Waals surface area contributed by atoms with Gasteiger partial charge in [0.05, 0.1) is 17.7 Å². The van der Waals surface area contributed by atoms with Gasteiger partial charge in [-0.15, -0.1) is 0 Å². The largest absolute Gasteiger partial charge is 0.456 e. The first-order chi connectivity index (χ1) is 14.2. The number of esters is 1. The van der Waals surface area contributed by atoms with Crippen LogP contribution in [0.3, 0.4) is 0 Å². The molecule has 5 heteroatoms. The van der Waals surface area contributed by atoms with Crippen molar-refractivity contribution < 1.29 is 14.3 Å². The Balaban J connectivity index is 1.62. The number of hydrogen-bond donors (Lipinski definition) is 1. The van der Waals surface area contributed by atoms with E-state index in [9.17, 15) is 9.59 Å². The standard InChI is InChI=1S/C24H20N2O3/c25-16-20-13-7-8-14-22(20)26-23(27)17-29-24(28)15-21(18-9-3-1-4-10-18)19-11-5-2-6-12-19/h1-14,21H,15,17H2,(H,26,27). The number of carbonyl (C=O) groups excluding carboxylic acids is 2. The molecule has 0 unspecified atom stereocenters. The first-order valence-electron chi connectivity index (χ1n) is 9.22. The smallest absolute Gasteiger partial charge is 0.307 e. The summed E-state index contributed by atoms with van der Waals surface area (Å²) in [7, 11) is 0. The fourth-order valence-corrected chi connectivity index (χ4v) is 3.05. The van der Waals surface area contributed by atoms with Crippen LogP contribution in [0.4, 0.5) is 5.69 Å². The molecule has 0 aromatic heterocycles. The summed E-state index contributed by atoms with van der Waals surface area (Å²) < 4.78 is 5.19. The summed E-state index contributed by atoms with van der Waals surface area (Å²) in [5.41, 5.74) is 2.74. The van der Waals surface area contributed by atoms with Crippen LogP contribution in [0.5, 0.6) is 0 Å². The zero-order chi connectivity index (χ0) is 20.5. The van der Waals surface area contributed by atoms with Crippen molar-refractivity contribution in [2.75, 3.05) is 11.9 Å². The number of para-hydroxylation sites is 1. The van der Waals surface area contributed by atoms with Crippen molar-refractivity contribution in [3.63, 3.8) is 0 Å². The van der Waals surface area contributed by atoms with Crippen molar-refractivity contribution in [2.24, 2.45) is 0 Å². The van der Waals surface area contributed by atoms with Gasteiger partial charge in [-0.1, -0.05) is 72.8 Å². The Labute approximate surface area is 169 Å². The minimum Gasteiger partial charge on any atom is -0.456 e. The van der Waals surface area contributed by atoms with Crippen LogP contribution in [0.1, 0.15) is 29.0 Å². The van der Waals surface area contributed by atoms with Crippen LogP contribution in [-0.4, -0.2) is 18.5 Å². The summed E-state index contributed by atoms with van der Waals surface area (Å²) in [6.07, 6.45) is 0.121. The Morgan fingerprint density at radius 3 is 2.00 bits per heavy atom. The molecule has 3 aromatic rings. The lowest BCUT2D eigenvalue weighted by molar-refractivity contribution is -0.147. The Morgan fingerprint density at radius 1 is 0.862 bits per heavy atom. The van der Waals surface area contributed by atoms with Gasteiger partial charge in [-0.25, -0.2) is 0 Å². The summed E-state index contributed by atoms with van der Waals surface area (Å²) in [6.45, 7) is -0.408. The van der Waals surface area contributed by atoms with Gasteiger partial charge >= 0.3 is 5.97 Å². The molecule has 5 nitrogen and oxygen atoms in total. The molecule has 0 aliphatic carbocycles. The molecule has 0 bridgehead atoms. The van der Waals surface area contributed by atoms with Crippen molar-refractivity contribution in [1.29, 1.82) is 5.26 Å². The maximum atomic E-state index is 12.4. The third-order valence-electron chi connectivity index (χ3n) is 4.46. The second kappa shape index (κ2) is 9.86. The van der Waals surface area contributed by atoms with E-state index < -0.39 is 18.5 Å². The third kappa shape index (κ3) is 5.53. The van der Waals surface area contributed by atoms with Crippen molar-refractivity contribution in [3.8, 4) is 6.07 Å². The molecule has 3 aromatic carbocycles. The predicted molar refractivity (Wildman–Crippen MR) is 110 cm³/mol. The van der Waals surface area contributed by atoms with Gasteiger partial charge in [-0.05, 0) is 23.3 Å².